The molecule has 0 aliphatic heterocycles. The molecule has 3 N–H and O–H groups in total. The standard InChI is InChI=1S/C21H25N3O2S2.HI/c1-22-21(23-11-12-28(26)15-16-7-3-2-4-8-16)24-14-18(25)20-13-17-9-5-6-10-19(17)27-20;/h2-10,13,18,25H,11-12,14-15H2,1H3,(H2,22,23,24);1H. The third-order valence-electron chi connectivity index (χ3n) is 4.25. The molecule has 0 saturated carbocycles. The Morgan fingerprint density at radius 1 is 1.14 bits per heavy atom. The Morgan fingerprint density at radius 3 is 2.59 bits per heavy atom. The van der Waals surface area contributed by atoms with Crippen molar-refractivity contribution >= 4 is 62.2 Å². The summed E-state index contributed by atoms with van der Waals surface area (Å²) in [6.07, 6.45) is -0.608. The van der Waals surface area contributed by atoms with Crippen molar-refractivity contribution in [1.29, 1.82) is 0 Å². The smallest absolute Gasteiger partial charge is 0.191 e. The molecular formula is C21H26IN3O2S2. The molecule has 3 aromatic rings. The van der Waals surface area contributed by atoms with Crippen LogP contribution in [0.3, 0.4) is 0 Å². The molecule has 1 aromatic heterocycles. The van der Waals surface area contributed by atoms with Crippen molar-refractivity contribution < 1.29 is 9.32 Å². The third-order valence-corrected chi connectivity index (χ3v) is 6.78. The van der Waals surface area contributed by atoms with Gasteiger partial charge in [-0.15, -0.1) is 35.3 Å². The fourth-order valence-electron chi connectivity index (χ4n) is 2.80. The van der Waals surface area contributed by atoms with E-state index in [0.717, 1.165) is 15.8 Å². The van der Waals surface area contributed by atoms with Crippen molar-refractivity contribution in [1.82, 2.24) is 10.6 Å². The highest BCUT2D eigenvalue weighted by Gasteiger charge is 2.12. The summed E-state index contributed by atoms with van der Waals surface area (Å²) in [5.74, 6) is 1.69. The van der Waals surface area contributed by atoms with Crippen molar-refractivity contribution in [2.24, 2.45) is 4.99 Å². The molecule has 0 fully saturated rings. The second-order valence-corrected chi connectivity index (χ2v) is 9.05. The van der Waals surface area contributed by atoms with E-state index in [9.17, 15) is 9.32 Å². The predicted molar refractivity (Wildman–Crippen MR) is 135 cm³/mol. The van der Waals surface area contributed by atoms with Crippen molar-refractivity contribution in [3.8, 4) is 0 Å². The lowest BCUT2D eigenvalue weighted by atomic mass is 10.2. The summed E-state index contributed by atoms with van der Waals surface area (Å²) in [4.78, 5) is 5.09. The van der Waals surface area contributed by atoms with Gasteiger partial charge in [-0.2, -0.15) is 0 Å². The Morgan fingerprint density at radius 2 is 1.86 bits per heavy atom. The molecule has 0 aliphatic carbocycles. The van der Waals surface area contributed by atoms with E-state index >= 15 is 0 Å². The fourth-order valence-corrected chi connectivity index (χ4v) is 4.89. The average Bonchev–Trinajstić information content (AvgIpc) is 3.15. The fraction of sp³-hybridized carbons (Fsp3) is 0.286. The Labute approximate surface area is 195 Å². The highest BCUT2D eigenvalue weighted by molar-refractivity contribution is 14.0. The van der Waals surface area contributed by atoms with Gasteiger partial charge in [-0.3, -0.25) is 9.20 Å². The topological polar surface area (TPSA) is 73.7 Å². The first-order chi connectivity index (χ1) is 13.7. The molecular weight excluding hydrogens is 517 g/mol. The van der Waals surface area contributed by atoms with E-state index in [0.29, 0.717) is 30.6 Å². The van der Waals surface area contributed by atoms with Gasteiger partial charge in [0.15, 0.2) is 5.96 Å². The lowest BCUT2D eigenvalue weighted by Crippen LogP contribution is -2.40. The van der Waals surface area contributed by atoms with Gasteiger partial charge in [0.25, 0.3) is 0 Å². The number of aliphatic hydroxyl groups is 1. The average molecular weight is 543 g/mol. The number of aliphatic hydroxyl groups excluding tert-OH is 1. The lowest BCUT2D eigenvalue weighted by Gasteiger charge is -2.14. The minimum atomic E-state index is -0.934. The summed E-state index contributed by atoms with van der Waals surface area (Å²) < 4.78 is 13.4. The van der Waals surface area contributed by atoms with Gasteiger partial charge in [-0.25, -0.2) is 0 Å². The second kappa shape index (κ2) is 12.3. The number of hydrogen-bond donors (Lipinski definition) is 3. The number of guanidine groups is 1. The molecule has 3 rings (SSSR count). The summed E-state index contributed by atoms with van der Waals surface area (Å²) in [6.45, 7) is 0.914. The summed E-state index contributed by atoms with van der Waals surface area (Å²) in [5.41, 5.74) is 1.08. The van der Waals surface area contributed by atoms with E-state index in [1.54, 1.807) is 18.4 Å². The predicted octanol–water partition coefficient (Wildman–Crippen LogP) is 3.67. The number of rotatable bonds is 8. The van der Waals surface area contributed by atoms with Crippen LogP contribution in [-0.4, -0.2) is 41.2 Å². The Kier molecular flexibility index (Phi) is 10.1. The molecule has 156 valence electrons. The van der Waals surface area contributed by atoms with Gasteiger partial charge in [-0.05, 0) is 23.1 Å². The molecule has 5 nitrogen and oxygen atoms in total. The van der Waals surface area contributed by atoms with Crippen LogP contribution in [-0.2, 0) is 16.6 Å². The first-order valence-electron chi connectivity index (χ1n) is 9.15. The van der Waals surface area contributed by atoms with Crippen molar-refractivity contribution in [3.05, 3.63) is 71.1 Å². The number of hydrogen-bond acceptors (Lipinski definition) is 4. The van der Waals surface area contributed by atoms with Gasteiger partial charge >= 0.3 is 0 Å². The van der Waals surface area contributed by atoms with Crippen LogP contribution in [0.4, 0.5) is 0 Å². The van der Waals surface area contributed by atoms with Crippen LogP contribution in [0.15, 0.2) is 65.7 Å². The van der Waals surface area contributed by atoms with Gasteiger partial charge in [0.2, 0.25) is 0 Å². The number of nitrogens with one attached hydrogen (secondary N) is 2. The van der Waals surface area contributed by atoms with Gasteiger partial charge in [-0.1, -0.05) is 48.5 Å². The SMILES string of the molecule is CN=C(NCCS(=O)Cc1ccccc1)NCC(O)c1cc2ccccc2s1.I. The van der Waals surface area contributed by atoms with Crippen LogP contribution in [0.2, 0.25) is 0 Å². The number of fused-ring (bicyclic) bond motifs is 1. The molecule has 0 amide bonds. The van der Waals surface area contributed by atoms with Crippen LogP contribution < -0.4 is 10.6 Å². The first-order valence-corrected chi connectivity index (χ1v) is 11.5. The number of nitrogens with zero attached hydrogens (tertiary/aromatic N) is 1. The highest BCUT2D eigenvalue weighted by atomic mass is 127. The quantitative estimate of drug-likeness (QED) is 0.230. The Bertz CT molecular complexity index is 914. The number of thiophene rings is 1. The number of halogens is 1. The van der Waals surface area contributed by atoms with Crippen molar-refractivity contribution in [2.45, 2.75) is 11.9 Å². The zero-order valence-electron chi connectivity index (χ0n) is 16.2. The first kappa shape index (κ1) is 23.8. The number of benzene rings is 2. The molecule has 2 aromatic carbocycles. The van der Waals surface area contributed by atoms with Gasteiger partial charge in [0.1, 0.15) is 6.10 Å². The molecule has 2 unspecified atom stereocenters. The van der Waals surface area contributed by atoms with Crippen molar-refractivity contribution in [3.63, 3.8) is 0 Å². The third kappa shape index (κ3) is 7.36. The van der Waals surface area contributed by atoms with Gasteiger partial charge in [0, 0.05) is 52.0 Å². The van der Waals surface area contributed by atoms with Gasteiger partial charge < -0.3 is 15.7 Å². The minimum Gasteiger partial charge on any atom is -0.386 e. The molecule has 0 aliphatic rings. The zero-order valence-corrected chi connectivity index (χ0v) is 20.2. The summed E-state index contributed by atoms with van der Waals surface area (Å²) in [7, 11) is 0.749. The maximum atomic E-state index is 12.2. The summed E-state index contributed by atoms with van der Waals surface area (Å²) in [5, 5.41) is 17.9. The van der Waals surface area contributed by atoms with Crippen LogP contribution in [0.5, 0.6) is 0 Å². The summed E-state index contributed by atoms with van der Waals surface area (Å²) in [6, 6.07) is 20.0. The van der Waals surface area contributed by atoms with Crippen molar-refractivity contribution in [2.75, 3.05) is 25.9 Å². The molecule has 0 saturated heterocycles. The molecule has 8 heteroatoms. The van der Waals surface area contributed by atoms with E-state index < -0.39 is 16.9 Å². The normalized spacial score (nSPS) is 13.5. The zero-order chi connectivity index (χ0) is 19.8. The monoisotopic (exact) mass is 543 g/mol. The highest BCUT2D eigenvalue weighted by Crippen LogP contribution is 2.29. The molecule has 2 atom stereocenters. The Hall–Kier alpha value is -1.49. The van der Waals surface area contributed by atoms with E-state index in [1.165, 1.54) is 4.70 Å². The maximum Gasteiger partial charge on any atom is 0.191 e. The largest absolute Gasteiger partial charge is 0.386 e. The van der Waals surface area contributed by atoms with E-state index in [1.807, 2.05) is 54.6 Å². The van der Waals surface area contributed by atoms with Gasteiger partial charge in [0.05, 0.1) is 0 Å². The van der Waals surface area contributed by atoms with E-state index in [2.05, 4.69) is 21.7 Å². The minimum absolute atomic E-state index is 0. The van der Waals surface area contributed by atoms with E-state index in [4.69, 9.17) is 0 Å². The Balaban J connectivity index is 0.00000300. The van der Waals surface area contributed by atoms with Crippen LogP contribution in [0.25, 0.3) is 10.1 Å². The lowest BCUT2D eigenvalue weighted by molar-refractivity contribution is 0.184. The maximum absolute atomic E-state index is 12.2. The molecule has 29 heavy (non-hydrogen) atoms. The molecule has 0 bridgehead atoms. The van der Waals surface area contributed by atoms with Crippen LogP contribution in [0.1, 0.15) is 16.5 Å². The number of aliphatic imine (C=N–C) groups is 1. The van der Waals surface area contributed by atoms with Crippen LogP contribution in [0, 0.1) is 0 Å². The molecule has 1 heterocycles. The second-order valence-electron chi connectivity index (χ2n) is 6.36. The van der Waals surface area contributed by atoms with Crippen LogP contribution >= 0.6 is 35.3 Å². The van der Waals surface area contributed by atoms with E-state index in [-0.39, 0.29) is 24.0 Å². The summed E-state index contributed by atoms with van der Waals surface area (Å²) >= 11 is 1.60. The molecule has 0 radical (unpaired) electrons. The molecule has 0 spiro atoms.